The Kier molecular flexibility index (Phi) is 6.14. The zero-order chi connectivity index (χ0) is 19.2. The molecule has 0 aliphatic rings. The first kappa shape index (κ1) is 19.0. The van der Waals surface area contributed by atoms with Crippen LogP contribution in [0.4, 0.5) is 0 Å². The number of aryl methyl sites for hydroxylation is 1. The molecule has 2 aromatic carbocycles. The van der Waals surface area contributed by atoms with Crippen LogP contribution in [-0.2, 0) is 13.0 Å². The van der Waals surface area contributed by atoms with E-state index in [1.807, 2.05) is 41.1 Å². The first-order valence-electron chi connectivity index (χ1n) is 8.57. The predicted octanol–water partition coefficient (Wildman–Crippen LogP) is 4.42. The average Bonchev–Trinajstić information content (AvgIpc) is 3.18. The van der Waals surface area contributed by atoms with Crippen molar-refractivity contribution in [3.05, 3.63) is 76.8 Å². The standard InChI is InChI=1S/C21H21ClN2O3/c1-26-19-9-15(10-20(12-19)27-2)3-4-21(25)17-7-16(8-18(22)11-17)13-24-6-5-23-14-24/h5-12,14H,3-4,13H2,1-2H3. The third-order valence-corrected chi connectivity index (χ3v) is 4.47. The van der Waals surface area contributed by atoms with Crippen LogP contribution in [0.2, 0.25) is 5.02 Å². The molecular weight excluding hydrogens is 364 g/mol. The quantitative estimate of drug-likeness (QED) is 0.539. The summed E-state index contributed by atoms with van der Waals surface area (Å²) in [5, 5.41) is 0.555. The second kappa shape index (κ2) is 8.73. The molecule has 0 bridgehead atoms. The summed E-state index contributed by atoms with van der Waals surface area (Å²) in [5.74, 6) is 1.47. The van der Waals surface area contributed by atoms with Crippen molar-refractivity contribution in [2.45, 2.75) is 19.4 Å². The van der Waals surface area contributed by atoms with Crippen LogP contribution < -0.4 is 9.47 Å². The highest BCUT2D eigenvalue weighted by atomic mass is 35.5. The van der Waals surface area contributed by atoms with Crippen LogP contribution >= 0.6 is 11.6 Å². The van der Waals surface area contributed by atoms with Crippen molar-refractivity contribution in [1.82, 2.24) is 9.55 Å². The molecule has 0 saturated heterocycles. The highest BCUT2D eigenvalue weighted by Gasteiger charge is 2.11. The fourth-order valence-corrected chi connectivity index (χ4v) is 3.16. The van der Waals surface area contributed by atoms with Crippen molar-refractivity contribution in [1.29, 1.82) is 0 Å². The Hall–Kier alpha value is -2.79. The highest BCUT2D eigenvalue weighted by molar-refractivity contribution is 6.31. The molecule has 0 unspecified atom stereocenters. The number of benzene rings is 2. The second-order valence-corrected chi connectivity index (χ2v) is 6.66. The van der Waals surface area contributed by atoms with Crippen LogP contribution in [0.15, 0.2) is 55.1 Å². The van der Waals surface area contributed by atoms with E-state index in [-0.39, 0.29) is 5.78 Å². The first-order chi connectivity index (χ1) is 13.1. The minimum absolute atomic E-state index is 0.0474. The number of ketones is 1. The lowest BCUT2D eigenvalue weighted by atomic mass is 10.0. The lowest BCUT2D eigenvalue weighted by Gasteiger charge is -2.09. The first-order valence-corrected chi connectivity index (χ1v) is 8.95. The van der Waals surface area contributed by atoms with E-state index in [2.05, 4.69) is 4.98 Å². The molecule has 0 spiro atoms. The van der Waals surface area contributed by atoms with Gasteiger partial charge in [0.2, 0.25) is 0 Å². The minimum Gasteiger partial charge on any atom is -0.497 e. The van der Waals surface area contributed by atoms with Crippen LogP contribution in [0.1, 0.15) is 27.9 Å². The van der Waals surface area contributed by atoms with Crippen molar-refractivity contribution >= 4 is 17.4 Å². The molecule has 3 aromatic rings. The number of hydrogen-bond donors (Lipinski definition) is 0. The Balaban J connectivity index is 1.72. The Labute approximate surface area is 163 Å². The highest BCUT2D eigenvalue weighted by Crippen LogP contribution is 2.24. The van der Waals surface area contributed by atoms with Gasteiger partial charge in [-0.2, -0.15) is 0 Å². The number of imidazole rings is 1. The van der Waals surface area contributed by atoms with E-state index < -0.39 is 0 Å². The van der Waals surface area contributed by atoms with Gasteiger partial charge in [0.25, 0.3) is 0 Å². The predicted molar refractivity (Wildman–Crippen MR) is 105 cm³/mol. The Morgan fingerprint density at radius 1 is 1.04 bits per heavy atom. The molecule has 0 atom stereocenters. The molecule has 6 heteroatoms. The number of methoxy groups -OCH3 is 2. The van der Waals surface area contributed by atoms with Crippen LogP contribution in [0.25, 0.3) is 0 Å². The molecule has 140 valence electrons. The average molecular weight is 385 g/mol. The number of Topliss-reactive ketones (excluding diaryl/α,β-unsaturated/α-hetero) is 1. The van der Waals surface area contributed by atoms with Gasteiger partial charge in [0.05, 0.1) is 20.5 Å². The molecule has 0 radical (unpaired) electrons. The Morgan fingerprint density at radius 3 is 2.41 bits per heavy atom. The maximum absolute atomic E-state index is 12.7. The summed E-state index contributed by atoms with van der Waals surface area (Å²) >= 11 is 6.22. The van der Waals surface area contributed by atoms with Gasteiger partial charge in [0.15, 0.2) is 5.78 Å². The van der Waals surface area contributed by atoms with Gasteiger partial charge in [-0.25, -0.2) is 4.98 Å². The van der Waals surface area contributed by atoms with Gasteiger partial charge in [-0.1, -0.05) is 11.6 Å². The number of aromatic nitrogens is 2. The number of carbonyl (C=O) groups is 1. The maximum Gasteiger partial charge on any atom is 0.163 e. The second-order valence-electron chi connectivity index (χ2n) is 6.23. The van der Waals surface area contributed by atoms with E-state index in [1.54, 1.807) is 32.8 Å². The molecule has 1 aromatic heterocycles. The zero-order valence-electron chi connectivity index (χ0n) is 15.3. The van der Waals surface area contributed by atoms with Crippen LogP contribution in [-0.4, -0.2) is 29.6 Å². The molecule has 1 heterocycles. The summed E-state index contributed by atoms with van der Waals surface area (Å²) in [6.45, 7) is 0.619. The van der Waals surface area contributed by atoms with E-state index in [4.69, 9.17) is 21.1 Å². The topological polar surface area (TPSA) is 53.4 Å². The van der Waals surface area contributed by atoms with Gasteiger partial charge < -0.3 is 14.0 Å². The Morgan fingerprint density at radius 2 is 1.78 bits per heavy atom. The molecule has 0 aliphatic heterocycles. The fraction of sp³-hybridized carbons (Fsp3) is 0.238. The van der Waals surface area contributed by atoms with Crippen molar-refractivity contribution in [2.24, 2.45) is 0 Å². The summed E-state index contributed by atoms with van der Waals surface area (Å²) in [5.41, 5.74) is 2.57. The van der Waals surface area contributed by atoms with Gasteiger partial charge in [-0.05, 0) is 47.9 Å². The summed E-state index contributed by atoms with van der Waals surface area (Å²) in [7, 11) is 3.22. The maximum atomic E-state index is 12.7. The van der Waals surface area contributed by atoms with Crippen molar-refractivity contribution in [3.8, 4) is 11.5 Å². The molecular formula is C21H21ClN2O3. The van der Waals surface area contributed by atoms with Crippen molar-refractivity contribution < 1.29 is 14.3 Å². The number of carbonyl (C=O) groups excluding carboxylic acids is 1. The van der Waals surface area contributed by atoms with Gasteiger partial charge in [0, 0.05) is 42.0 Å². The zero-order valence-corrected chi connectivity index (χ0v) is 16.1. The molecule has 0 fully saturated rings. The molecule has 5 nitrogen and oxygen atoms in total. The van der Waals surface area contributed by atoms with Gasteiger partial charge in [0.1, 0.15) is 11.5 Å². The minimum atomic E-state index is 0.0474. The molecule has 0 N–H and O–H groups in total. The molecule has 27 heavy (non-hydrogen) atoms. The third-order valence-electron chi connectivity index (χ3n) is 4.26. The monoisotopic (exact) mass is 384 g/mol. The normalized spacial score (nSPS) is 10.6. The van der Waals surface area contributed by atoms with E-state index in [0.717, 1.165) is 11.1 Å². The number of hydrogen-bond acceptors (Lipinski definition) is 4. The third kappa shape index (κ3) is 5.11. The smallest absolute Gasteiger partial charge is 0.163 e. The molecule has 0 saturated carbocycles. The van der Waals surface area contributed by atoms with Crippen LogP contribution in [0.3, 0.4) is 0 Å². The Bertz CT molecular complexity index is 901. The van der Waals surface area contributed by atoms with Crippen molar-refractivity contribution in [3.63, 3.8) is 0 Å². The number of nitrogens with zero attached hydrogens (tertiary/aromatic N) is 2. The fourth-order valence-electron chi connectivity index (χ4n) is 2.91. The molecule has 0 amide bonds. The lowest BCUT2D eigenvalue weighted by Crippen LogP contribution is -2.04. The summed E-state index contributed by atoms with van der Waals surface area (Å²) in [6.07, 6.45) is 6.30. The number of rotatable bonds is 8. The van der Waals surface area contributed by atoms with E-state index >= 15 is 0 Å². The van der Waals surface area contributed by atoms with Gasteiger partial charge in [-0.3, -0.25) is 4.79 Å². The van der Waals surface area contributed by atoms with Gasteiger partial charge in [-0.15, -0.1) is 0 Å². The largest absolute Gasteiger partial charge is 0.497 e. The van der Waals surface area contributed by atoms with E-state index in [0.29, 0.717) is 41.5 Å². The number of halogens is 1. The lowest BCUT2D eigenvalue weighted by molar-refractivity contribution is 0.0982. The molecule has 0 aliphatic carbocycles. The summed E-state index contributed by atoms with van der Waals surface area (Å²) in [4.78, 5) is 16.7. The SMILES string of the molecule is COc1cc(CCC(=O)c2cc(Cl)cc(Cn3ccnc3)c2)cc(OC)c1. The molecule has 3 rings (SSSR count). The number of ether oxygens (including phenoxy) is 2. The van der Waals surface area contributed by atoms with E-state index in [1.165, 1.54) is 0 Å². The summed E-state index contributed by atoms with van der Waals surface area (Å²) in [6, 6.07) is 11.1. The van der Waals surface area contributed by atoms with E-state index in [9.17, 15) is 4.79 Å². The summed E-state index contributed by atoms with van der Waals surface area (Å²) < 4.78 is 12.5. The van der Waals surface area contributed by atoms with Crippen molar-refractivity contribution in [2.75, 3.05) is 14.2 Å². The van der Waals surface area contributed by atoms with Crippen LogP contribution in [0.5, 0.6) is 11.5 Å². The van der Waals surface area contributed by atoms with Gasteiger partial charge >= 0.3 is 0 Å². The van der Waals surface area contributed by atoms with Crippen LogP contribution in [0, 0.1) is 0 Å².